The van der Waals surface area contributed by atoms with Crippen molar-refractivity contribution >= 4 is 17.4 Å². The van der Waals surface area contributed by atoms with Gasteiger partial charge in [0.15, 0.2) is 17.4 Å². The summed E-state index contributed by atoms with van der Waals surface area (Å²) in [6.45, 7) is 0. The predicted molar refractivity (Wildman–Crippen MR) is 9.94 cm³/mol. The summed E-state index contributed by atoms with van der Waals surface area (Å²) in [7, 11) is 0. The predicted octanol–water partition coefficient (Wildman–Crippen LogP) is -1.19. The Morgan fingerprint density at radius 1 is 1.00 bits per heavy atom. The van der Waals surface area contributed by atoms with Crippen LogP contribution in [0.15, 0.2) is 0 Å². The summed E-state index contributed by atoms with van der Waals surface area (Å²) < 4.78 is 0. The maximum Gasteiger partial charge on any atom is 0.187 e. The topological polar surface area (TPSA) is 0 Å². The minimum absolute atomic E-state index is 0. The van der Waals surface area contributed by atoms with E-state index < -0.39 is 0 Å². The standard InChI is InChI=1S/Al.Co.Ni.Ti.3H. The van der Waals surface area contributed by atoms with Crippen molar-refractivity contribution in [1.29, 1.82) is 0 Å². The van der Waals surface area contributed by atoms with Gasteiger partial charge in [-0.25, -0.2) is 0 Å². The van der Waals surface area contributed by atoms with E-state index in [1.807, 2.05) is 0 Å². The van der Waals surface area contributed by atoms with E-state index in [2.05, 4.69) is 0 Å². The van der Waals surface area contributed by atoms with Crippen molar-refractivity contribution < 1.29 is 55.0 Å². The first-order chi connectivity index (χ1) is 0. The summed E-state index contributed by atoms with van der Waals surface area (Å²) in [6.07, 6.45) is 0. The molecule has 0 amide bonds. The van der Waals surface area contributed by atoms with Crippen molar-refractivity contribution in [2.24, 2.45) is 0 Å². The monoisotopic (exact) mass is 195 g/mol. The average molecular weight is 195 g/mol. The third kappa shape index (κ3) is 8.87. The van der Waals surface area contributed by atoms with Crippen LogP contribution >= 0.6 is 0 Å². The Kier molecular flexibility index (Phi) is 160. The number of rotatable bonds is 0. The van der Waals surface area contributed by atoms with Crippen LogP contribution in [0.4, 0.5) is 0 Å². The molecule has 0 aromatic rings. The molecule has 0 aromatic heterocycles. The van der Waals surface area contributed by atoms with Gasteiger partial charge in [0.05, 0.1) is 0 Å². The molecule has 0 rings (SSSR count). The largest absolute Gasteiger partial charge is 0.187 e. The molecule has 0 aliphatic heterocycles. The van der Waals surface area contributed by atoms with Gasteiger partial charge in [-0.15, -0.1) is 0 Å². The number of hydrogen-bond acceptors (Lipinski definition) is 0. The molecule has 0 nitrogen and oxygen atoms in total. The molecule has 4 heteroatoms. The van der Waals surface area contributed by atoms with Crippen LogP contribution < -0.4 is 0 Å². The molecule has 0 heterocycles. The normalized spacial score (nSPS) is 0. The Morgan fingerprint density at radius 2 is 1.00 bits per heavy atom. The van der Waals surface area contributed by atoms with Crippen LogP contribution in [0, 0.1) is 0 Å². The third-order valence-corrected chi connectivity index (χ3v) is 0. The average Bonchev–Trinajstić information content (AvgIpc) is 0. The summed E-state index contributed by atoms with van der Waals surface area (Å²) in [6, 6.07) is 0. The van der Waals surface area contributed by atoms with Gasteiger partial charge in [-0.1, -0.05) is 0 Å². The first-order valence-electron chi connectivity index (χ1n) is 0. The first kappa shape index (κ1) is 34.1. The minimum atomic E-state index is 0. The molecule has 4 heavy (non-hydrogen) atoms. The summed E-state index contributed by atoms with van der Waals surface area (Å²) in [4.78, 5) is 0. The van der Waals surface area contributed by atoms with Crippen molar-refractivity contribution in [2.45, 2.75) is 0 Å². The Bertz CT molecular complexity index is 8.00. The van der Waals surface area contributed by atoms with Gasteiger partial charge in [0, 0.05) is 55.0 Å². The van der Waals surface area contributed by atoms with Gasteiger partial charge in [0.25, 0.3) is 0 Å². The van der Waals surface area contributed by atoms with Gasteiger partial charge < -0.3 is 0 Å². The van der Waals surface area contributed by atoms with E-state index in [0.717, 1.165) is 0 Å². The van der Waals surface area contributed by atoms with Crippen molar-refractivity contribution in [2.75, 3.05) is 0 Å². The maximum atomic E-state index is 0. The molecule has 0 aliphatic carbocycles. The van der Waals surface area contributed by atoms with Crippen LogP contribution in [0.1, 0.15) is 0 Å². The van der Waals surface area contributed by atoms with Crippen LogP contribution in [0.5, 0.6) is 0 Å². The smallest absolute Gasteiger partial charge is 0 e. The zero-order valence-electron chi connectivity index (χ0n) is 1.15. The van der Waals surface area contributed by atoms with Gasteiger partial charge in [0.2, 0.25) is 0 Å². The Hall–Kier alpha value is 2.25. The quantitative estimate of drug-likeness (QED) is 0.427. The van der Waals surface area contributed by atoms with Crippen LogP contribution in [-0.4, -0.2) is 17.4 Å². The van der Waals surface area contributed by atoms with E-state index in [0.29, 0.717) is 0 Å². The molecule has 0 aromatic carbocycles. The van der Waals surface area contributed by atoms with E-state index in [4.69, 9.17) is 0 Å². The maximum absolute atomic E-state index is 0. The molecule has 0 spiro atoms. The van der Waals surface area contributed by atoms with Crippen LogP contribution in [-0.2, 0) is 55.0 Å². The fourth-order valence-electron chi connectivity index (χ4n) is 0. The van der Waals surface area contributed by atoms with Gasteiger partial charge in [-0.2, -0.15) is 0 Å². The zero-order chi connectivity index (χ0) is 0. The second kappa shape index (κ2) is 18.7. The molecule has 0 bridgehead atoms. The van der Waals surface area contributed by atoms with Crippen molar-refractivity contribution in [3.8, 4) is 0 Å². The van der Waals surface area contributed by atoms with Crippen LogP contribution in [0.25, 0.3) is 0 Å². The molecule has 0 unspecified atom stereocenters. The third-order valence-electron chi connectivity index (χ3n) is 0. The summed E-state index contributed by atoms with van der Waals surface area (Å²) in [5.41, 5.74) is 0. The molecule has 0 saturated heterocycles. The molecule has 0 aliphatic rings. The van der Waals surface area contributed by atoms with E-state index in [1.54, 1.807) is 0 Å². The second-order valence-corrected chi connectivity index (χ2v) is 0. The number of hydrogen-bond donors (Lipinski definition) is 0. The Morgan fingerprint density at radius 3 is 1.00 bits per heavy atom. The van der Waals surface area contributed by atoms with E-state index >= 15 is 0 Å². The van der Waals surface area contributed by atoms with Gasteiger partial charge in [0.1, 0.15) is 0 Å². The van der Waals surface area contributed by atoms with E-state index in [1.165, 1.54) is 0 Å². The van der Waals surface area contributed by atoms with Crippen molar-refractivity contribution in [3.05, 3.63) is 0 Å². The van der Waals surface area contributed by atoms with Crippen molar-refractivity contribution in [1.82, 2.24) is 0 Å². The summed E-state index contributed by atoms with van der Waals surface area (Å²) in [5.74, 6) is 0. The fourth-order valence-corrected chi connectivity index (χ4v) is 0. The molecule has 1 radical (unpaired) electrons. The fraction of sp³-hybridized carbons (Fsp3) is 0. The molecule has 0 fully saturated rings. The van der Waals surface area contributed by atoms with Crippen LogP contribution in [0.2, 0.25) is 0 Å². The molecule has 29 valence electrons. The summed E-state index contributed by atoms with van der Waals surface area (Å²) >= 11 is 0. The van der Waals surface area contributed by atoms with Gasteiger partial charge in [-0.3, -0.25) is 0 Å². The van der Waals surface area contributed by atoms with Crippen LogP contribution in [0.3, 0.4) is 0 Å². The molecule has 0 saturated carbocycles. The SMILES string of the molecule is [AlH3].[Co].[Ni].[Ti]. The minimum Gasteiger partial charge on any atom is 0 e. The molecule has 0 atom stereocenters. The summed E-state index contributed by atoms with van der Waals surface area (Å²) in [5, 5.41) is 0. The molecular weight excluding hydrogens is 192 g/mol. The molecule has 0 N–H and O–H groups in total. The van der Waals surface area contributed by atoms with E-state index in [-0.39, 0.29) is 72.3 Å². The molecular formula is H3AlCoNiTi. The Labute approximate surface area is 71.6 Å². The Balaban J connectivity index is 0. The first-order valence-corrected chi connectivity index (χ1v) is 0. The van der Waals surface area contributed by atoms with Gasteiger partial charge in [-0.05, 0) is 0 Å². The van der Waals surface area contributed by atoms with E-state index in [9.17, 15) is 0 Å². The zero-order valence-corrected chi connectivity index (χ0v) is 4.74. The second-order valence-electron chi connectivity index (χ2n) is 0. The van der Waals surface area contributed by atoms with Gasteiger partial charge >= 0.3 is 0 Å². The van der Waals surface area contributed by atoms with Crippen molar-refractivity contribution in [3.63, 3.8) is 0 Å².